The van der Waals surface area contributed by atoms with Crippen molar-refractivity contribution in [1.82, 2.24) is 9.55 Å². The van der Waals surface area contributed by atoms with Crippen molar-refractivity contribution in [3.63, 3.8) is 0 Å². The SMILES string of the molecule is O=c1cc(C2=CCc3ncc(N4CCOCC4)cc32)ccn1CC(O)c1cccc(Cl)c1. The number of aromatic nitrogens is 2. The van der Waals surface area contributed by atoms with E-state index in [1.165, 1.54) is 4.57 Å². The molecule has 0 saturated carbocycles. The molecule has 0 radical (unpaired) electrons. The highest BCUT2D eigenvalue weighted by Crippen LogP contribution is 2.33. The Kier molecular flexibility index (Phi) is 5.83. The number of aliphatic hydroxyl groups is 1. The summed E-state index contributed by atoms with van der Waals surface area (Å²) in [6.07, 6.45) is 5.73. The summed E-state index contributed by atoms with van der Waals surface area (Å²) in [4.78, 5) is 19.8. The molecule has 164 valence electrons. The van der Waals surface area contributed by atoms with Gasteiger partial charge in [-0.3, -0.25) is 9.78 Å². The summed E-state index contributed by atoms with van der Waals surface area (Å²) in [7, 11) is 0. The lowest BCUT2D eigenvalue weighted by Gasteiger charge is -2.29. The molecule has 0 bridgehead atoms. The second-order valence-electron chi connectivity index (χ2n) is 8.09. The van der Waals surface area contributed by atoms with Gasteiger partial charge in [0.25, 0.3) is 5.56 Å². The topological polar surface area (TPSA) is 67.6 Å². The molecule has 3 heterocycles. The Morgan fingerprint density at radius 2 is 2.00 bits per heavy atom. The number of ether oxygens (including phenoxy) is 1. The van der Waals surface area contributed by atoms with Gasteiger partial charge in [0.05, 0.1) is 43.4 Å². The summed E-state index contributed by atoms with van der Waals surface area (Å²) < 4.78 is 6.98. The van der Waals surface area contributed by atoms with Gasteiger partial charge in [0.2, 0.25) is 0 Å². The highest BCUT2D eigenvalue weighted by atomic mass is 35.5. The van der Waals surface area contributed by atoms with Gasteiger partial charge in [-0.15, -0.1) is 0 Å². The summed E-state index contributed by atoms with van der Waals surface area (Å²) in [5, 5.41) is 11.1. The van der Waals surface area contributed by atoms with Gasteiger partial charge in [0.1, 0.15) is 0 Å². The van der Waals surface area contributed by atoms with Crippen LogP contribution in [-0.4, -0.2) is 41.0 Å². The maximum absolute atomic E-state index is 12.8. The third-order valence-corrected chi connectivity index (χ3v) is 6.27. The molecule has 7 heteroatoms. The number of morpholine rings is 1. The molecule has 1 aliphatic heterocycles. The van der Waals surface area contributed by atoms with E-state index in [0.29, 0.717) is 10.6 Å². The summed E-state index contributed by atoms with van der Waals surface area (Å²) >= 11 is 6.02. The fourth-order valence-electron chi connectivity index (χ4n) is 4.29. The monoisotopic (exact) mass is 449 g/mol. The van der Waals surface area contributed by atoms with Gasteiger partial charge in [-0.1, -0.05) is 29.8 Å². The first-order valence-electron chi connectivity index (χ1n) is 10.7. The Morgan fingerprint density at radius 1 is 1.16 bits per heavy atom. The summed E-state index contributed by atoms with van der Waals surface area (Å²) in [5.74, 6) is 0. The Morgan fingerprint density at radius 3 is 2.78 bits per heavy atom. The maximum Gasteiger partial charge on any atom is 0.251 e. The summed E-state index contributed by atoms with van der Waals surface area (Å²) in [6.45, 7) is 3.31. The van der Waals surface area contributed by atoms with E-state index in [9.17, 15) is 9.90 Å². The van der Waals surface area contributed by atoms with Crippen molar-refractivity contribution in [3.05, 3.63) is 98.7 Å². The molecule has 1 aliphatic carbocycles. The van der Waals surface area contributed by atoms with Gasteiger partial charge in [-0.05, 0) is 41.0 Å². The smallest absolute Gasteiger partial charge is 0.251 e. The zero-order valence-electron chi connectivity index (χ0n) is 17.6. The first kappa shape index (κ1) is 20.9. The second kappa shape index (κ2) is 8.90. The number of rotatable bonds is 5. The van der Waals surface area contributed by atoms with Crippen molar-refractivity contribution in [2.24, 2.45) is 0 Å². The minimum Gasteiger partial charge on any atom is -0.387 e. The molecule has 32 heavy (non-hydrogen) atoms. The minimum absolute atomic E-state index is 0.157. The van der Waals surface area contributed by atoms with Gasteiger partial charge in [0, 0.05) is 42.4 Å². The number of aliphatic hydroxyl groups excluding tert-OH is 1. The zero-order chi connectivity index (χ0) is 22.1. The Bertz CT molecular complexity index is 1230. The van der Waals surface area contributed by atoms with E-state index in [1.54, 1.807) is 36.5 Å². The van der Waals surface area contributed by atoms with Crippen molar-refractivity contribution in [2.75, 3.05) is 31.2 Å². The van der Waals surface area contributed by atoms with Crippen LogP contribution < -0.4 is 10.5 Å². The third kappa shape index (κ3) is 4.21. The van der Waals surface area contributed by atoms with Crippen LogP contribution in [0.25, 0.3) is 5.57 Å². The van der Waals surface area contributed by atoms with E-state index in [0.717, 1.165) is 60.8 Å². The van der Waals surface area contributed by atoms with Crippen LogP contribution in [0.2, 0.25) is 5.02 Å². The first-order valence-corrected chi connectivity index (χ1v) is 11.1. The van der Waals surface area contributed by atoms with Crippen molar-refractivity contribution >= 4 is 22.9 Å². The molecule has 1 atom stereocenters. The van der Waals surface area contributed by atoms with Crippen LogP contribution in [-0.2, 0) is 17.7 Å². The first-order chi connectivity index (χ1) is 15.6. The van der Waals surface area contributed by atoms with Gasteiger partial charge in [0.15, 0.2) is 0 Å². The molecule has 1 unspecified atom stereocenters. The lowest BCUT2D eigenvalue weighted by atomic mass is 10.0. The number of fused-ring (bicyclic) bond motifs is 1. The third-order valence-electron chi connectivity index (χ3n) is 6.03. The molecule has 2 aromatic heterocycles. The lowest BCUT2D eigenvalue weighted by molar-refractivity contribution is 0.122. The molecular weight excluding hydrogens is 426 g/mol. The molecule has 1 saturated heterocycles. The largest absolute Gasteiger partial charge is 0.387 e. The molecule has 5 rings (SSSR count). The van der Waals surface area contributed by atoms with Crippen LogP contribution in [0.1, 0.15) is 28.5 Å². The van der Waals surface area contributed by atoms with Crippen LogP contribution in [0.15, 0.2) is 65.7 Å². The normalized spacial score (nSPS) is 16.6. The van der Waals surface area contributed by atoms with E-state index in [-0.39, 0.29) is 12.1 Å². The lowest BCUT2D eigenvalue weighted by Crippen LogP contribution is -2.36. The molecule has 6 nitrogen and oxygen atoms in total. The van der Waals surface area contributed by atoms with Crippen LogP contribution in [0.3, 0.4) is 0 Å². The number of hydrogen-bond acceptors (Lipinski definition) is 5. The second-order valence-corrected chi connectivity index (χ2v) is 8.52. The predicted molar refractivity (Wildman–Crippen MR) is 125 cm³/mol. The van der Waals surface area contributed by atoms with Crippen molar-refractivity contribution < 1.29 is 9.84 Å². The average Bonchev–Trinajstić information content (AvgIpc) is 3.24. The standard InChI is InChI=1S/C25H24ClN3O3/c26-19-3-1-2-18(12-19)24(30)16-29-7-6-17(13-25(29)31)21-4-5-23-22(21)14-20(15-27-23)28-8-10-32-11-9-28/h1-4,6-7,12-15,24,30H,5,8-11,16H2. The molecule has 0 spiro atoms. The van der Waals surface area contributed by atoms with Crippen LogP contribution in [0.4, 0.5) is 5.69 Å². The molecule has 1 aromatic carbocycles. The Hall–Kier alpha value is -2.93. The van der Waals surface area contributed by atoms with E-state index >= 15 is 0 Å². The van der Waals surface area contributed by atoms with Crippen molar-refractivity contribution in [1.29, 1.82) is 0 Å². The molecule has 1 fully saturated rings. The molecule has 2 aliphatic rings. The highest BCUT2D eigenvalue weighted by molar-refractivity contribution is 6.30. The fourth-order valence-corrected chi connectivity index (χ4v) is 4.48. The minimum atomic E-state index is -0.816. The van der Waals surface area contributed by atoms with E-state index in [4.69, 9.17) is 16.3 Å². The maximum atomic E-state index is 12.8. The van der Waals surface area contributed by atoms with Crippen molar-refractivity contribution in [2.45, 2.75) is 19.1 Å². The number of nitrogens with zero attached hydrogens (tertiary/aromatic N) is 3. The quantitative estimate of drug-likeness (QED) is 0.646. The molecular formula is C25H24ClN3O3. The van der Waals surface area contributed by atoms with Crippen molar-refractivity contribution in [3.8, 4) is 0 Å². The Labute approximate surface area is 191 Å². The summed E-state index contributed by atoms with van der Waals surface area (Å²) in [5.41, 5.74) is 5.60. The van der Waals surface area contributed by atoms with E-state index < -0.39 is 6.10 Å². The van der Waals surface area contributed by atoms with Crippen LogP contribution >= 0.6 is 11.6 Å². The number of benzene rings is 1. The fraction of sp³-hybridized carbons (Fsp3) is 0.280. The molecule has 0 amide bonds. The Balaban J connectivity index is 1.38. The average molecular weight is 450 g/mol. The number of allylic oxidation sites excluding steroid dienone is 1. The van der Waals surface area contributed by atoms with Crippen LogP contribution in [0.5, 0.6) is 0 Å². The van der Waals surface area contributed by atoms with E-state index in [1.807, 2.05) is 12.3 Å². The highest BCUT2D eigenvalue weighted by Gasteiger charge is 2.21. The van der Waals surface area contributed by atoms with Gasteiger partial charge >= 0.3 is 0 Å². The molecule has 1 N–H and O–H groups in total. The predicted octanol–water partition coefficient (Wildman–Crippen LogP) is 3.45. The number of pyridine rings is 2. The summed E-state index contributed by atoms with van der Waals surface area (Å²) in [6, 6.07) is 12.8. The zero-order valence-corrected chi connectivity index (χ0v) is 18.3. The number of hydrogen-bond donors (Lipinski definition) is 1. The number of anilines is 1. The molecule has 3 aromatic rings. The van der Waals surface area contributed by atoms with Gasteiger partial charge in [-0.2, -0.15) is 0 Å². The van der Waals surface area contributed by atoms with Gasteiger partial charge in [-0.25, -0.2) is 0 Å². The van der Waals surface area contributed by atoms with Crippen LogP contribution in [0, 0.1) is 0 Å². The number of halogens is 1. The van der Waals surface area contributed by atoms with Gasteiger partial charge < -0.3 is 19.3 Å². The van der Waals surface area contributed by atoms with E-state index in [2.05, 4.69) is 22.0 Å².